The van der Waals surface area contributed by atoms with E-state index in [2.05, 4.69) is 30.3 Å². The standard InChI is InChI=1S/C32H18F6Se/c33-31(34,35)20-13-9-18(10-14-20)27-17-26-28(19-11-15-21(16-12-19)32(36,37)38)29-22-5-1-3-7-24(22)30(26,39-27)25-8-4-2-6-23(25)29/h1-17,29H. The number of halogens is 6. The summed E-state index contributed by atoms with van der Waals surface area (Å²) in [6.45, 7) is 0. The molecule has 4 aliphatic rings. The predicted octanol–water partition coefficient (Wildman–Crippen LogP) is 8.64. The molecule has 7 heteroatoms. The van der Waals surface area contributed by atoms with Crippen molar-refractivity contribution in [2.75, 3.05) is 0 Å². The van der Waals surface area contributed by atoms with Crippen LogP contribution in [0.2, 0.25) is 0 Å². The van der Waals surface area contributed by atoms with Crippen molar-refractivity contribution in [1.82, 2.24) is 0 Å². The van der Waals surface area contributed by atoms with E-state index in [1.165, 1.54) is 12.1 Å². The molecule has 0 nitrogen and oxygen atoms in total. The molecule has 0 amide bonds. The van der Waals surface area contributed by atoms with Gasteiger partial charge in [0.05, 0.1) is 0 Å². The minimum absolute atomic E-state index is 0.162. The summed E-state index contributed by atoms with van der Waals surface area (Å²) in [5.41, 5.74) is 6.61. The van der Waals surface area contributed by atoms with Crippen LogP contribution in [0.1, 0.15) is 50.4 Å². The summed E-state index contributed by atoms with van der Waals surface area (Å²) >= 11 is -0.239. The molecule has 3 aliphatic carbocycles. The van der Waals surface area contributed by atoms with Crippen LogP contribution in [-0.4, -0.2) is 15.0 Å². The second kappa shape index (κ2) is 8.23. The van der Waals surface area contributed by atoms with E-state index in [1.807, 2.05) is 24.3 Å². The Morgan fingerprint density at radius 3 is 1.51 bits per heavy atom. The topological polar surface area (TPSA) is 0 Å². The molecule has 0 unspecified atom stereocenters. The first kappa shape index (κ1) is 24.5. The van der Waals surface area contributed by atoms with E-state index in [1.54, 1.807) is 12.1 Å². The van der Waals surface area contributed by atoms with Crippen LogP contribution in [0.25, 0.3) is 10.0 Å². The molecule has 1 spiro atoms. The number of rotatable bonds is 2. The van der Waals surface area contributed by atoms with Gasteiger partial charge in [0.1, 0.15) is 0 Å². The Bertz CT molecular complexity index is 1640. The fourth-order valence-corrected chi connectivity index (χ4v) is 9.62. The molecule has 0 fully saturated rings. The van der Waals surface area contributed by atoms with E-state index in [0.29, 0.717) is 0 Å². The first-order chi connectivity index (χ1) is 18.6. The van der Waals surface area contributed by atoms with Crippen LogP contribution in [0.15, 0.2) is 109 Å². The Kier molecular flexibility index (Phi) is 5.17. The zero-order valence-electron chi connectivity index (χ0n) is 20.1. The molecule has 0 aromatic heterocycles. The first-order valence-electron chi connectivity index (χ1n) is 12.3. The van der Waals surface area contributed by atoms with E-state index < -0.39 is 27.8 Å². The third-order valence-corrected chi connectivity index (χ3v) is 11.0. The summed E-state index contributed by atoms with van der Waals surface area (Å²) in [7, 11) is 0. The second-order valence-electron chi connectivity index (χ2n) is 9.88. The van der Waals surface area contributed by atoms with Crippen LogP contribution < -0.4 is 0 Å². The number of allylic oxidation sites excluding steroid dienone is 3. The van der Waals surface area contributed by atoms with E-state index in [0.717, 1.165) is 73.3 Å². The van der Waals surface area contributed by atoms with Gasteiger partial charge in [-0.15, -0.1) is 0 Å². The maximum absolute atomic E-state index is 13.4. The van der Waals surface area contributed by atoms with Gasteiger partial charge < -0.3 is 0 Å². The van der Waals surface area contributed by atoms with Gasteiger partial charge in [0, 0.05) is 0 Å². The molecule has 39 heavy (non-hydrogen) atoms. The number of hydrogen-bond donors (Lipinski definition) is 0. The van der Waals surface area contributed by atoms with Gasteiger partial charge in [0.2, 0.25) is 0 Å². The number of hydrogen-bond acceptors (Lipinski definition) is 0. The third-order valence-electron chi connectivity index (χ3n) is 7.82. The summed E-state index contributed by atoms with van der Waals surface area (Å²) in [4.78, 5) is 0. The summed E-state index contributed by atoms with van der Waals surface area (Å²) in [6, 6.07) is 27.0. The molecule has 0 atom stereocenters. The molecule has 0 N–H and O–H groups in total. The van der Waals surface area contributed by atoms with Crippen molar-refractivity contribution < 1.29 is 26.3 Å². The van der Waals surface area contributed by atoms with Crippen LogP contribution in [0, 0.1) is 0 Å². The molecule has 1 heterocycles. The Morgan fingerprint density at radius 2 is 1.03 bits per heavy atom. The summed E-state index contributed by atoms with van der Waals surface area (Å²) in [6.07, 6.45) is -6.78. The van der Waals surface area contributed by atoms with Crippen molar-refractivity contribution in [3.63, 3.8) is 0 Å². The van der Waals surface area contributed by atoms with Crippen LogP contribution in [0.4, 0.5) is 26.3 Å². The monoisotopic (exact) mass is 596 g/mol. The van der Waals surface area contributed by atoms with Crippen LogP contribution >= 0.6 is 0 Å². The van der Waals surface area contributed by atoms with Gasteiger partial charge >= 0.3 is 227 Å². The number of benzene rings is 4. The van der Waals surface area contributed by atoms with Gasteiger partial charge in [0.15, 0.2) is 0 Å². The quantitative estimate of drug-likeness (QED) is 0.161. The van der Waals surface area contributed by atoms with Gasteiger partial charge in [0.25, 0.3) is 0 Å². The third kappa shape index (κ3) is 3.53. The summed E-state index contributed by atoms with van der Waals surface area (Å²) < 4.78 is 80.3. The molecule has 4 aromatic carbocycles. The molecule has 194 valence electrons. The molecule has 0 radical (unpaired) electrons. The average Bonchev–Trinajstić information content (AvgIpc) is 3.34. The number of alkyl halides is 6. The zero-order valence-corrected chi connectivity index (χ0v) is 21.8. The van der Waals surface area contributed by atoms with Crippen LogP contribution in [0.3, 0.4) is 0 Å². The fraction of sp³-hybridized carbons (Fsp3) is 0.125. The van der Waals surface area contributed by atoms with Gasteiger partial charge in [-0.2, -0.15) is 0 Å². The van der Waals surface area contributed by atoms with Crippen molar-refractivity contribution in [1.29, 1.82) is 0 Å². The SMILES string of the molecule is FC(F)(F)c1ccc(C2=CC3=C(c4ccc(C(F)(F)F)cc4)C4c5ccccc5C3([Se]2)c2ccccc24)cc1. The van der Waals surface area contributed by atoms with Crippen LogP contribution in [0.5, 0.6) is 0 Å². The Balaban J connectivity index is 1.48. The van der Waals surface area contributed by atoms with Crippen molar-refractivity contribution >= 4 is 25.0 Å². The Hall–Kier alpha value is -3.54. The fourth-order valence-electron chi connectivity index (χ4n) is 6.19. The summed E-state index contributed by atoms with van der Waals surface area (Å²) in [5.74, 6) is -0.162. The van der Waals surface area contributed by atoms with E-state index in [4.69, 9.17) is 0 Å². The van der Waals surface area contributed by atoms with Gasteiger partial charge in [-0.3, -0.25) is 0 Å². The average molecular weight is 595 g/mol. The van der Waals surface area contributed by atoms with Gasteiger partial charge in [-0.25, -0.2) is 0 Å². The van der Waals surface area contributed by atoms with E-state index >= 15 is 0 Å². The molecule has 1 aliphatic heterocycles. The van der Waals surface area contributed by atoms with Crippen molar-refractivity contribution in [3.8, 4) is 0 Å². The second-order valence-corrected chi connectivity index (χ2v) is 12.5. The van der Waals surface area contributed by atoms with E-state index in [-0.39, 0.29) is 20.9 Å². The Labute approximate surface area is 226 Å². The van der Waals surface area contributed by atoms with Crippen molar-refractivity contribution in [2.24, 2.45) is 0 Å². The molecule has 0 saturated carbocycles. The molecule has 4 aromatic rings. The predicted molar refractivity (Wildman–Crippen MR) is 139 cm³/mol. The molecule has 2 bridgehead atoms. The Morgan fingerprint density at radius 1 is 0.564 bits per heavy atom. The molecule has 8 rings (SSSR count). The van der Waals surface area contributed by atoms with Gasteiger partial charge in [-0.05, 0) is 0 Å². The zero-order chi connectivity index (χ0) is 27.2. The minimum atomic E-state index is -4.44. The molecular weight excluding hydrogens is 577 g/mol. The normalized spacial score (nSPS) is 21.4. The summed E-state index contributed by atoms with van der Waals surface area (Å²) in [5, 5.41) is 0. The van der Waals surface area contributed by atoms with Gasteiger partial charge in [-0.1, -0.05) is 0 Å². The molecule has 0 saturated heterocycles. The maximum atomic E-state index is 13.4. The molecular formula is C32H18F6Se. The van der Waals surface area contributed by atoms with E-state index in [9.17, 15) is 26.3 Å². The first-order valence-corrected chi connectivity index (χ1v) is 14.0. The van der Waals surface area contributed by atoms with Crippen LogP contribution in [-0.2, 0) is 16.7 Å². The van der Waals surface area contributed by atoms with Crippen molar-refractivity contribution in [2.45, 2.75) is 22.6 Å². The van der Waals surface area contributed by atoms with Crippen molar-refractivity contribution in [3.05, 3.63) is 153 Å².